The minimum Gasteiger partial charge on any atom is -0.477 e. The highest BCUT2D eigenvalue weighted by Gasteiger charge is 2.27. The molecule has 7 heteroatoms. The van der Waals surface area contributed by atoms with Crippen LogP contribution >= 0.6 is 0 Å². The Labute approximate surface area is 148 Å². The van der Waals surface area contributed by atoms with Gasteiger partial charge in [0.2, 0.25) is 0 Å². The van der Waals surface area contributed by atoms with Crippen molar-refractivity contribution in [2.75, 3.05) is 11.4 Å². The number of aromatic carboxylic acids is 1. The molecule has 1 fully saturated rings. The first kappa shape index (κ1) is 16.5. The van der Waals surface area contributed by atoms with Crippen LogP contribution in [0.25, 0.3) is 5.65 Å². The van der Waals surface area contributed by atoms with Crippen LogP contribution in [0.2, 0.25) is 0 Å². The minimum atomic E-state index is -1.07. The van der Waals surface area contributed by atoms with Crippen molar-refractivity contribution in [3.63, 3.8) is 0 Å². The van der Waals surface area contributed by atoms with Crippen molar-refractivity contribution < 1.29 is 18.7 Å². The molecular formula is C19H17F2N3O2. The van der Waals surface area contributed by atoms with Crippen LogP contribution in [0.4, 0.5) is 14.5 Å². The number of piperidine rings is 1. The molecule has 1 aliphatic heterocycles. The summed E-state index contributed by atoms with van der Waals surface area (Å²) >= 11 is 0. The fraction of sp³-hybridized carbons (Fsp3) is 0.263. The van der Waals surface area contributed by atoms with Crippen molar-refractivity contribution >= 4 is 17.3 Å². The molecule has 5 nitrogen and oxygen atoms in total. The largest absolute Gasteiger partial charge is 0.477 e. The molecule has 134 valence electrons. The molecule has 2 aromatic heterocycles. The van der Waals surface area contributed by atoms with Gasteiger partial charge in [-0.2, -0.15) is 0 Å². The summed E-state index contributed by atoms with van der Waals surface area (Å²) in [4.78, 5) is 17.5. The van der Waals surface area contributed by atoms with Crippen molar-refractivity contribution in [2.45, 2.75) is 25.3 Å². The number of rotatable bonds is 3. The summed E-state index contributed by atoms with van der Waals surface area (Å²) in [6.07, 6.45) is 5.56. The Kier molecular flexibility index (Phi) is 4.06. The number of hydrogen-bond donors (Lipinski definition) is 1. The minimum absolute atomic E-state index is 0.0624. The van der Waals surface area contributed by atoms with Gasteiger partial charge in [0.25, 0.3) is 0 Å². The van der Waals surface area contributed by atoms with E-state index in [4.69, 9.17) is 0 Å². The summed E-state index contributed by atoms with van der Waals surface area (Å²) in [5, 5.41) is 9.30. The fourth-order valence-electron chi connectivity index (χ4n) is 3.63. The van der Waals surface area contributed by atoms with Gasteiger partial charge in [-0.25, -0.2) is 18.6 Å². The zero-order valence-corrected chi connectivity index (χ0v) is 13.9. The Bertz CT molecular complexity index is 986. The number of halogens is 2. The monoisotopic (exact) mass is 357 g/mol. The summed E-state index contributed by atoms with van der Waals surface area (Å²) < 4.78 is 29.5. The molecule has 0 saturated carbocycles. The first-order valence-corrected chi connectivity index (χ1v) is 8.46. The van der Waals surface area contributed by atoms with Gasteiger partial charge < -0.3 is 10.0 Å². The fourth-order valence-corrected chi connectivity index (χ4v) is 3.63. The molecule has 3 heterocycles. The molecule has 0 spiro atoms. The lowest BCUT2D eigenvalue weighted by atomic mass is 9.94. The van der Waals surface area contributed by atoms with Crippen LogP contribution in [0.3, 0.4) is 0 Å². The normalized spacial score (nSPS) is 17.6. The van der Waals surface area contributed by atoms with Crippen LogP contribution < -0.4 is 4.90 Å². The quantitative estimate of drug-likeness (QED) is 0.769. The van der Waals surface area contributed by atoms with Gasteiger partial charge in [0, 0.05) is 18.3 Å². The predicted molar refractivity (Wildman–Crippen MR) is 92.4 cm³/mol. The summed E-state index contributed by atoms with van der Waals surface area (Å²) in [5.74, 6) is -1.97. The first-order valence-electron chi connectivity index (χ1n) is 8.46. The molecule has 0 bridgehead atoms. The number of carboxylic acid groups (broad SMARTS) is 1. The van der Waals surface area contributed by atoms with Crippen LogP contribution in [-0.2, 0) is 0 Å². The molecule has 26 heavy (non-hydrogen) atoms. The average Bonchev–Trinajstić information content (AvgIpc) is 3.07. The van der Waals surface area contributed by atoms with E-state index in [1.165, 1.54) is 16.7 Å². The van der Waals surface area contributed by atoms with Gasteiger partial charge in [-0.05, 0) is 49.6 Å². The SMILES string of the molecule is O=C(O)c1cnc2ccc(N3CCCCC3c3cc(F)ccc3F)cn12. The highest BCUT2D eigenvalue weighted by atomic mass is 19.1. The molecule has 1 saturated heterocycles. The van der Waals surface area contributed by atoms with Gasteiger partial charge >= 0.3 is 5.97 Å². The average molecular weight is 357 g/mol. The Morgan fingerprint density at radius 2 is 2.04 bits per heavy atom. The molecule has 1 unspecified atom stereocenters. The van der Waals surface area contributed by atoms with Gasteiger partial charge in [0.15, 0.2) is 5.69 Å². The lowest BCUT2D eigenvalue weighted by molar-refractivity contribution is 0.0689. The topological polar surface area (TPSA) is 57.8 Å². The second-order valence-corrected chi connectivity index (χ2v) is 6.43. The molecule has 1 aliphatic rings. The molecule has 4 rings (SSSR count). The van der Waals surface area contributed by atoms with E-state index >= 15 is 0 Å². The number of pyridine rings is 1. The van der Waals surface area contributed by atoms with Crippen molar-refractivity contribution in [1.29, 1.82) is 0 Å². The van der Waals surface area contributed by atoms with E-state index in [-0.39, 0.29) is 11.7 Å². The number of hydrogen-bond acceptors (Lipinski definition) is 3. The maximum Gasteiger partial charge on any atom is 0.354 e. The van der Waals surface area contributed by atoms with E-state index in [0.717, 1.165) is 30.7 Å². The standard InChI is InChI=1S/C19H17F2N3O2/c20-12-4-6-15(21)14(9-12)16-3-1-2-8-23(16)13-5-7-18-22-10-17(19(25)26)24(18)11-13/h4-7,9-11,16H,1-3,8H2,(H,25,26). The summed E-state index contributed by atoms with van der Waals surface area (Å²) in [6, 6.07) is 6.78. The third-order valence-electron chi connectivity index (χ3n) is 4.86. The smallest absolute Gasteiger partial charge is 0.354 e. The van der Waals surface area contributed by atoms with Gasteiger partial charge in [0.05, 0.1) is 17.9 Å². The molecule has 0 aliphatic carbocycles. The Morgan fingerprint density at radius 3 is 2.85 bits per heavy atom. The van der Waals surface area contributed by atoms with Gasteiger partial charge in [-0.1, -0.05) is 0 Å². The number of benzene rings is 1. The van der Waals surface area contributed by atoms with Crippen molar-refractivity contribution in [3.8, 4) is 0 Å². The van der Waals surface area contributed by atoms with E-state index in [1.54, 1.807) is 12.3 Å². The van der Waals surface area contributed by atoms with Crippen molar-refractivity contribution in [3.05, 3.63) is 65.6 Å². The Balaban J connectivity index is 1.79. The molecule has 0 amide bonds. The number of nitrogens with zero attached hydrogens (tertiary/aromatic N) is 3. The predicted octanol–water partition coefficient (Wildman–Crippen LogP) is 4.04. The summed E-state index contributed by atoms with van der Waals surface area (Å²) in [7, 11) is 0. The van der Waals surface area contributed by atoms with E-state index in [9.17, 15) is 18.7 Å². The number of carbonyl (C=O) groups is 1. The number of imidazole rings is 1. The molecule has 1 N–H and O–H groups in total. The second-order valence-electron chi connectivity index (χ2n) is 6.43. The molecule has 1 atom stereocenters. The van der Waals surface area contributed by atoms with E-state index in [1.807, 2.05) is 11.0 Å². The maximum atomic E-state index is 14.3. The summed E-state index contributed by atoms with van der Waals surface area (Å²) in [5.41, 5.74) is 1.67. The Morgan fingerprint density at radius 1 is 1.19 bits per heavy atom. The highest BCUT2D eigenvalue weighted by Crippen LogP contribution is 2.36. The Hall–Kier alpha value is -2.96. The first-order chi connectivity index (χ1) is 12.5. The lowest BCUT2D eigenvalue weighted by Gasteiger charge is -2.38. The van der Waals surface area contributed by atoms with E-state index in [2.05, 4.69) is 4.98 Å². The molecule has 0 radical (unpaired) electrons. The third-order valence-corrected chi connectivity index (χ3v) is 4.86. The number of fused-ring (bicyclic) bond motifs is 1. The van der Waals surface area contributed by atoms with Gasteiger partial charge in [-0.3, -0.25) is 4.40 Å². The van der Waals surface area contributed by atoms with Crippen molar-refractivity contribution in [2.24, 2.45) is 0 Å². The summed E-state index contributed by atoms with van der Waals surface area (Å²) in [6.45, 7) is 0.684. The number of anilines is 1. The van der Waals surface area contributed by atoms with E-state index in [0.29, 0.717) is 24.2 Å². The van der Waals surface area contributed by atoms with Gasteiger partial charge in [-0.15, -0.1) is 0 Å². The van der Waals surface area contributed by atoms with Crippen LogP contribution in [0.5, 0.6) is 0 Å². The lowest BCUT2D eigenvalue weighted by Crippen LogP contribution is -2.34. The van der Waals surface area contributed by atoms with Crippen molar-refractivity contribution in [1.82, 2.24) is 9.38 Å². The van der Waals surface area contributed by atoms with Crippen LogP contribution in [0.1, 0.15) is 41.4 Å². The number of carboxylic acids is 1. The molecular weight excluding hydrogens is 340 g/mol. The zero-order chi connectivity index (χ0) is 18.3. The highest BCUT2D eigenvalue weighted by molar-refractivity contribution is 5.86. The maximum absolute atomic E-state index is 14.3. The zero-order valence-electron chi connectivity index (χ0n) is 13.9. The molecule has 3 aromatic rings. The van der Waals surface area contributed by atoms with E-state index < -0.39 is 17.6 Å². The van der Waals surface area contributed by atoms with Gasteiger partial charge in [0.1, 0.15) is 17.3 Å². The van der Waals surface area contributed by atoms with Crippen LogP contribution in [0.15, 0.2) is 42.7 Å². The van der Waals surface area contributed by atoms with Crippen LogP contribution in [0, 0.1) is 11.6 Å². The van der Waals surface area contributed by atoms with Crippen LogP contribution in [-0.4, -0.2) is 27.0 Å². The number of aromatic nitrogens is 2. The third kappa shape index (κ3) is 2.79. The second kappa shape index (κ2) is 6.40. The molecule has 1 aromatic carbocycles.